The molecule has 5 heteroatoms. The predicted octanol–water partition coefficient (Wildman–Crippen LogP) is 1.10. The monoisotopic (exact) mass is 310 g/mol. The van der Waals surface area contributed by atoms with Crippen molar-refractivity contribution in [3.05, 3.63) is 0 Å². The van der Waals surface area contributed by atoms with Crippen LogP contribution in [0.1, 0.15) is 65.2 Å². The summed E-state index contributed by atoms with van der Waals surface area (Å²) in [6, 6.07) is 0. The predicted molar refractivity (Wildman–Crippen MR) is 84.8 cm³/mol. The fourth-order valence-electron chi connectivity index (χ4n) is 2.81. The van der Waals surface area contributed by atoms with Gasteiger partial charge in [-0.2, -0.15) is 0 Å². The maximum atomic E-state index is 10.9. The van der Waals surface area contributed by atoms with Crippen molar-refractivity contribution >= 4 is 17.6 Å². The first-order valence-electron chi connectivity index (χ1n) is 8.55. The molecule has 2 rings (SSSR count). The lowest BCUT2D eigenvalue weighted by molar-refractivity contribution is -0.534. The number of Topliss-reactive ketones (excluding diaryl/α,β-unsaturated/α-hetero) is 1. The van der Waals surface area contributed by atoms with Crippen molar-refractivity contribution < 1.29 is 19.3 Å². The first-order valence-corrected chi connectivity index (χ1v) is 8.55. The normalized spacial score (nSPS) is 17.8. The summed E-state index contributed by atoms with van der Waals surface area (Å²) in [6.45, 7) is 7.64. The Hall–Kier alpha value is -1.39. The van der Waals surface area contributed by atoms with Gasteiger partial charge in [-0.05, 0) is 31.6 Å². The summed E-state index contributed by atoms with van der Waals surface area (Å²) in [5, 5.41) is 13.4. The molecule has 0 saturated carbocycles. The van der Waals surface area contributed by atoms with Crippen molar-refractivity contribution in [3.63, 3.8) is 0 Å². The molecule has 0 fully saturated rings. The van der Waals surface area contributed by atoms with Gasteiger partial charge in [0.15, 0.2) is 0 Å². The highest BCUT2D eigenvalue weighted by molar-refractivity contribution is 5.82. The Bertz CT molecular complexity index is 385. The van der Waals surface area contributed by atoms with Gasteiger partial charge in [-0.25, -0.2) is 0 Å². The molecule has 0 aromatic rings. The SMILES string of the molecule is C1CCC2=[N+](CC1)CCCN2.CC(C)CC(=O)CCC(=O)[O-]. The Morgan fingerprint density at radius 1 is 1.14 bits per heavy atom. The fraction of sp³-hybridized carbons (Fsp3) is 0.824. The maximum Gasteiger partial charge on any atom is 0.244 e. The third-order valence-corrected chi connectivity index (χ3v) is 3.90. The largest absolute Gasteiger partial charge is 0.550 e. The molecule has 0 amide bonds. The molecule has 5 nitrogen and oxygen atoms in total. The smallest absolute Gasteiger partial charge is 0.244 e. The number of carbonyl (C=O) groups is 2. The Morgan fingerprint density at radius 2 is 1.86 bits per heavy atom. The van der Waals surface area contributed by atoms with E-state index in [9.17, 15) is 14.7 Å². The standard InChI is InChI=1S/C9H16N2.C8H14O3/c1-2-5-9-10-6-4-8-11(9)7-3-1;1-6(2)5-7(9)3-4-8(10)11/h1-8H2;6H,3-5H2,1-2H3,(H,10,11). The Balaban J connectivity index is 0.000000220. The quantitative estimate of drug-likeness (QED) is 0.772. The van der Waals surface area contributed by atoms with Crippen LogP contribution in [0.25, 0.3) is 0 Å². The van der Waals surface area contributed by atoms with E-state index in [1.807, 2.05) is 13.8 Å². The molecule has 0 aliphatic carbocycles. The molecule has 0 atom stereocenters. The number of carbonyl (C=O) groups excluding carboxylic acids is 2. The number of nitrogens with one attached hydrogen (secondary N) is 1. The lowest BCUT2D eigenvalue weighted by atomic mass is 10.0. The first-order chi connectivity index (χ1) is 10.5. The van der Waals surface area contributed by atoms with Crippen LogP contribution in [-0.2, 0) is 9.59 Å². The van der Waals surface area contributed by atoms with E-state index in [4.69, 9.17) is 0 Å². The first kappa shape index (κ1) is 18.7. The second-order valence-corrected chi connectivity index (χ2v) is 6.53. The summed E-state index contributed by atoms with van der Waals surface area (Å²) in [7, 11) is 0. The van der Waals surface area contributed by atoms with E-state index in [1.54, 1.807) is 0 Å². The average Bonchev–Trinajstić information content (AvgIpc) is 2.70. The van der Waals surface area contributed by atoms with Gasteiger partial charge in [0.2, 0.25) is 5.84 Å². The van der Waals surface area contributed by atoms with Gasteiger partial charge < -0.3 is 9.90 Å². The van der Waals surface area contributed by atoms with Crippen LogP contribution in [0.2, 0.25) is 0 Å². The fourth-order valence-corrected chi connectivity index (χ4v) is 2.81. The molecule has 1 N–H and O–H groups in total. The molecule has 0 radical (unpaired) electrons. The highest BCUT2D eigenvalue weighted by atomic mass is 16.4. The van der Waals surface area contributed by atoms with Crippen LogP contribution in [0.4, 0.5) is 0 Å². The van der Waals surface area contributed by atoms with E-state index in [0.717, 1.165) is 0 Å². The van der Waals surface area contributed by atoms with E-state index >= 15 is 0 Å². The second-order valence-electron chi connectivity index (χ2n) is 6.53. The molecule has 126 valence electrons. The summed E-state index contributed by atoms with van der Waals surface area (Å²) in [5.41, 5.74) is 0. The number of carboxylic acid groups (broad SMARTS) is 1. The van der Waals surface area contributed by atoms with Gasteiger partial charge in [0, 0.05) is 31.7 Å². The van der Waals surface area contributed by atoms with Crippen LogP contribution in [0.5, 0.6) is 0 Å². The van der Waals surface area contributed by atoms with Crippen molar-refractivity contribution in [3.8, 4) is 0 Å². The van der Waals surface area contributed by atoms with E-state index in [0.29, 0.717) is 12.3 Å². The maximum absolute atomic E-state index is 10.9. The minimum Gasteiger partial charge on any atom is -0.550 e. The molecular weight excluding hydrogens is 280 g/mol. The third-order valence-electron chi connectivity index (χ3n) is 3.90. The Labute approximate surface area is 133 Å². The van der Waals surface area contributed by atoms with Crippen molar-refractivity contribution in [2.45, 2.75) is 65.2 Å². The number of ketones is 1. The van der Waals surface area contributed by atoms with Crippen LogP contribution >= 0.6 is 0 Å². The minimum atomic E-state index is -1.15. The number of carboxylic acids is 1. The van der Waals surface area contributed by atoms with E-state index in [2.05, 4.69) is 9.89 Å². The van der Waals surface area contributed by atoms with Gasteiger partial charge in [0.25, 0.3) is 0 Å². The van der Waals surface area contributed by atoms with Crippen LogP contribution < -0.4 is 10.4 Å². The number of rotatable bonds is 5. The zero-order valence-electron chi connectivity index (χ0n) is 14.0. The molecular formula is C17H30N2O3. The van der Waals surface area contributed by atoms with Crippen molar-refractivity contribution in [1.29, 1.82) is 0 Å². The molecule has 2 aliphatic rings. The van der Waals surface area contributed by atoms with E-state index < -0.39 is 5.97 Å². The van der Waals surface area contributed by atoms with Gasteiger partial charge in [-0.1, -0.05) is 13.8 Å². The molecule has 0 saturated heterocycles. The number of aliphatic carboxylic acids is 1. The van der Waals surface area contributed by atoms with Gasteiger partial charge in [0.1, 0.15) is 5.78 Å². The lowest BCUT2D eigenvalue weighted by Gasteiger charge is -2.14. The number of hydrogen-bond donors (Lipinski definition) is 1. The third kappa shape index (κ3) is 8.15. The molecule has 0 aromatic carbocycles. The molecule has 2 aliphatic heterocycles. The number of hydrogen-bond acceptors (Lipinski definition) is 4. The van der Waals surface area contributed by atoms with Crippen LogP contribution in [-0.4, -0.2) is 41.8 Å². The lowest BCUT2D eigenvalue weighted by Crippen LogP contribution is -2.40. The van der Waals surface area contributed by atoms with Crippen LogP contribution in [0.3, 0.4) is 0 Å². The van der Waals surface area contributed by atoms with Crippen LogP contribution in [0.15, 0.2) is 0 Å². The topological polar surface area (TPSA) is 72.2 Å². The van der Waals surface area contributed by atoms with Gasteiger partial charge in [0.05, 0.1) is 19.6 Å². The average molecular weight is 310 g/mol. The Kier molecular flexibility index (Phi) is 8.78. The molecule has 0 spiro atoms. The Morgan fingerprint density at radius 3 is 2.55 bits per heavy atom. The van der Waals surface area contributed by atoms with Crippen molar-refractivity contribution in [2.24, 2.45) is 5.92 Å². The van der Waals surface area contributed by atoms with Crippen molar-refractivity contribution in [1.82, 2.24) is 5.32 Å². The van der Waals surface area contributed by atoms with E-state index in [-0.39, 0.29) is 18.6 Å². The molecule has 0 bridgehead atoms. The van der Waals surface area contributed by atoms with Gasteiger partial charge in [-0.3, -0.25) is 14.7 Å². The van der Waals surface area contributed by atoms with Crippen LogP contribution in [0, 0.1) is 5.92 Å². The summed E-state index contributed by atoms with van der Waals surface area (Å²) in [5.74, 6) is 0.685. The summed E-state index contributed by atoms with van der Waals surface area (Å²) < 4.78 is 2.54. The summed E-state index contributed by atoms with van der Waals surface area (Å²) in [4.78, 5) is 20.8. The summed E-state index contributed by atoms with van der Waals surface area (Å²) in [6.07, 6.45) is 7.24. The van der Waals surface area contributed by atoms with E-state index in [1.165, 1.54) is 57.6 Å². The highest BCUT2D eigenvalue weighted by Crippen LogP contribution is 2.08. The minimum absolute atomic E-state index is 0.00389. The van der Waals surface area contributed by atoms with Gasteiger partial charge in [-0.15, -0.1) is 0 Å². The number of amidine groups is 1. The van der Waals surface area contributed by atoms with Crippen molar-refractivity contribution in [2.75, 3.05) is 19.6 Å². The summed E-state index contributed by atoms with van der Waals surface area (Å²) >= 11 is 0. The zero-order valence-corrected chi connectivity index (χ0v) is 14.0. The zero-order chi connectivity index (χ0) is 16.4. The molecule has 22 heavy (non-hydrogen) atoms. The molecule has 0 unspecified atom stereocenters. The van der Waals surface area contributed by atoms with Gasteiger partial charge >= 0.3 is 0 Å². The highest BCUT2D eigenvalue weighted by Gasteiger charge is 2.19. The number of nitrogens with zero attached hydrogens (tertiary/aromatic N) is 1. The molecule has 2 heterocycles. The second kappa shape index (κ2) is 10.4. The molecule has 0 aromatic heterocycles.